The molecule has 1 aliphatic rings. The molecule has 0 spiro atoms. The van der Waals surface area contributed by atoms with Crippen LogP contribution in [0.5, 0.6) is 0 Å². The van der Waals surface area contributed by atoms with Crippen LogP contribution in [0.25, 0.3) is 11.3 Å². The summed E-state index contributed by atoms with van der Waals surface area (Å²) in [7, 11) is 0. The van der Waals surface area contributed by atoms with Gasteiger partial charge in [0.2, 0.25) is 0 Å². The summed E-state index contributed by atoms with van der Waals surface area (Å²) in [6.07, 6.45) is 5.25. The quantitative estimate of drug-likeness (QED) is 0.421. The summed E-state index contributed by atoms with van der Waals surface area (Å²) in [4.78, 5) is 34.8. The van der Waals surface area contributed by atoms with Gasteiger partial charge in [-0.15, -0.1) is 0 Å². The Labute approximate surface area is 178 Å². The minimum Gasteiger partial charge on any atom is -0.364 e. The Morgan fingerprint density at radius 2 is 1.97 bits per heavy atom. The number of carbonyl (C=O) groups is 2. The third-order valence-electron chi connectivity index (χ3n) is 5.18. The number of aromatic nitrogens is 3. The number of carbonyl (C=O) groups excluding carboxylic acids is 2. The Balaban J connectivity index is 1.65. The topological polar surface area (TPSA) is 156 Å². The minimum atomic E-state index is -0.727. The van der Waals surface area contributed by atoms with Crippen molar-refractivity contribution in [2.75, 3.05) is 17.7 Å². The molecule has 3 heterocycles. The highest BCUT2D eigenvalue weighted by Crippen LogP contribution is 2.33. The average molecular weight is 416 g/mol. The summed E-state index contributed by atoms with van der Waals surface area (Å²) < 4.78 is 1.17. The highest BCUT2D eigenvalue weighted by atomic mass is 16.2. The molecule has 0 aliphatic carbocycles. The lowest BCUT2D eigenvalue weighted by molar-refractivity contribution is 0.0991. The Hall–Kier alpha value is -4.39. The van der Waals surface area contributed by atoms with E-state index in [1.807, 2.05) is 0 Å². The van der Waals surface area contributed by atoms with Crippen molar-refractivity contribution in [2.45, 2.75) is 18.9 Å². The fourth-order valence-electron chi connectivity index (χ4n) is 3.68. The van der Waals surface area contributed by atoms with Gasteiger partial charge in [0.1, 0.15) is 11.5 Å². The maximum absolute atomic E-state index is 12.4. The SMILES string of the molecule is N#CN1CCC[C@H]1c1nc(-c2ccc(C(=O)Nc3ccccn3)cc2)c(C(N)=O)n1N. The van der Waals surface area contributed by atoms with Gasteiger partial charge in [-0.2, -0.15) is 5.26 Å². The lowest BCUT2D eigenvalue weighted by Gasteiger charge is -2.17. The summed E-state index contributed by atoms with van der Waals surface area (Å²) in [5, 5.41) is 12.1. The second-order valence-corrected chi connectivity index (χ2v) is 7.10. The first kappa shape index (κ1) is 19.9. The zero-order valence-electron chi connectivity index (χ0n) is 16.5. The normalized spacial score (nSPS) is 15.5. The van der Waals surface area contributed by atoms with Gasteiger partial charge in [0, 0.05) is 23.9 Å². The van der Waals surface area contributed by atoms with Crippen LogP contribution in [0.2, 0.25) is 0 Å². The molecule has 0 unspecified atom stereocenters. The number of benzene rings is 1. The molecule has 1 fully saturated rings. The Kier molecular flexibility index (Phi) is 5.24. The van der Waals surface area contributed by atoms with Crippen LogP contribution in [0.3, 0.4) is 0 Å². The average Bonchev–Trinajstić information content (AvgIpc) is 3.38. The van der Waals surface area contributed by atoms with Crippen LogP contribution in [0, 0.1) is 11.5 Å². The van der Waals surface area contributed by atoms with Gasteiger partial charge in [-0.25, -0.2) is 14.6 Å². The van der Waals surface area contributed by atoms with E-state index in [2.05, 4.69) is 21.5 Å². The number of amides is 2. The monoisotopic (exact) mass is 416 g/mol. The molecule has 31 heavy (non-hydrogen) atoms. The standard InChI is InChI=1S/C21H20N8O2/c22-12-28-11-3-4-15(28)20-27-17(18(19(23)30)29(20)24)13-6-8-14(9-7-13)21(31)26-16-5-1-2-10-25-16/h1-2,5-10,15H,3-4,11,24H2,(H2,23,30)(H,25,26,31)/t15-/m0/s1. The molecule has 156 valence electrons. The van der Waals surface area contributed by atoms with E-state index in [0.29, 0.717) is 41.4 Å². The molecule has 0 saturated carbocycles. The van der Waals surface area contributed by atoms with Crippen molar-refractivity contribution < 1.29 is 9.59 Å². The lowest BCUT2D eigenvalue weighted by atomic mass is 10.1. The molecule has 4 rings (SSSR count). The molecule has 0 radical (unpaired) electrons. The molecular weight excluding hydrogens is 396 g/mol. The van der Waals surface area contributed by atoms with Crippen molar-refractivity contribution in [1.82, 2.24) is 19.5 Å². The summed E-state index contributed by atoms with van der Waals surface area (Å²) in [6.45, 7) is 0.606. The molecule has 1 aliphatic heterocycles. The third kappa shape index (κ3) is 3.76. The van der Waals surface area contributed by atoms with E-state index in [1.165, 1.54) is 4.68 Å². The van der Waals surface area contributed by atoms with Gasteiger partial charge in [-0.1, -0.05) is 18.2 Å². The number of pyridine rings is 1. The number of nitriles is 1. The Bertz CT molecular complexity index is 1160. The first-order chi connectivity index (χ1) is 15.0. The van der Waals surface area contributed by atoms with Gasteiger partial charge in [-0.3, -0.25) is 14.5 Å². The second kappa shape index (κ2) is 8.16. The van der Waals surface area contributed by atoms with E-state index < -0.39 is 5.91 Å². The van der Waals surface area contributed by atoms with Gasteiger partial charge in [0.15, 0.2) is 17.7 Å². The van der Waals surface area contributed by atoms with Crippen LogP contribution < -0.4 is 16.9 Å². The van der Waals surface area contributed by atoms with E-state index in [0.717, 1.165) is 6.42 Å². The van der Waals surface area contributed by atoms with Crippen LogP contribution in [0.15, 0.2) is 48.7 Å². The predicted octanol–water partition coefficient (Wildman–Crippen LogP) is 1.63. The number of hydrogen-bond acceptors (Lipinski definition) is 7. The Morgan fingerprint density at radius 3 is 2.61 bits per heavy atom. The maximum atomic E-state index is 12.4. The second-order valence-electron chi connectivity index (χ2n) is 7.10. The number of nitrogens with two attached hydrogens (primary N) is 2. The van der Waals surface area contributed by atoms with Crippen LogP contribution in [0.4, 0.5) is 5.82 Å². The fraction of sp³-hybridized carbons (Fsp3) is 0.190. The van der Waals surface area contributed by atoms with Gasteiger partial charge in [0.25, 0.3) is 11.8 Å². The van der Waals surface area contributed by atoms with Crippen LogP contribution in [-0.4, -0.2) is 37.9 Å². The summed E-state index contributed by atoms with van der Waals surface area (Å²) in [6, 6.07) is 11.5. The van der Waals surface area contributed by atoms with Crippen LogP contribution >= 0.6 is 0 Å². The van der Waals surface area contributed by atoms with Gasteiger partial charge in [-0.05, 0) is 37.1 Å². The number of nitrogens with one attached hydrogen (secondary N) is 1. The van der Waals surface area contributed by atoms with Crippen LogP contribution in [0.1, 0.15) is 45.6 Å². The van der Waals surface area contributed by atoms with E-state index in [9.17, 15) is 14.9 Å². The van der Waals surface area contributed by atoms with Crippen molar-refractivity contribution in [1.29, 1.82) is 5.26 Å². The third-order valence-corrected chi connectivity index (χ3v) is 5.18. The molecular formula is C21H20N8O2. The maximum Gasteiger partial charge on any atom is 0.269 e. The first-order valence-corrected chi connectivity index (χ1v) is 9.66. The van der Waals surface area contributed by atoms with E-state index in [-0.39, 0.29) is 17.6 Å². The van der Waals surface area contributed by atoms with Crippen molar-refractivity contribution in [3.63, 3.8) is 0 Å². The molecule has 1 atom stereocenters. The molecule has 0 bridgehead atoms. The molecule has 1 saturated heterocycles. The van der Waals surface area contributed by atoms with Crippen molar-refractivity contribution in [3.05, 3.63) is 65.7 Å². The zero-order valence-corrected chi connectivity index (χ0v) is 16.5. The number of rotatable bonds is 5. The zero-order chi connectivity index (χ0) is 22.0. The molecule has 2 aromatic heterocycles. The molecule has 10 nitrogen and oxygen atoms in total. The molecule has 2 amide bonds. The fourth-order valence-corrected chi connectivity index (χ4v) is 3.68. The van der Waals surface area contributed by atoms with Crippen LogP contribution in [-0.2, 0) is 0 Å². The number of likely N-dealkylation sites (tertiary alicyclic amines) is 1. The highest BCUT2D eigenvalue weighted by Gasteiger charge is 2.32. The number of nitrogens with zero attached hydrogens (tertiary/aromatic N) is 5. The smallest absolute Gasteiger partial charge is 0.269 e. The van der Waals surface area contributed by atoms with Gasteiger partial charge in [0.05, 0.1) is 6.04 Å². The molecule has 1 aromatic carbocycles. The van der Waals surface area contributed by atoms with E-state index in [4.69, 9.17) is 11.6 Å². The van der Waals surface area contributed by atoms with E-state index in [1.54, 1.807) is 53.6 Å². The highest BCUT2D eigenvalue weighted by molar-refractivity contribution is 6.04. The number of nitrogen functional groups attached to an aromatic ring is 1. The minimum absolute atomic E-state index is 0.0467. The van der Waals surface area contributed by atoms with Crippen molar-refractivity contribution >= 4 is 17.6 Å². The van der Waals surface area contributed by atoms with Gasteiger partial charge < -0.3 is 16.9 Å². The number of primary amides is 1. The largest absolute Gasteiger partial charge is 0.364 e. The summed E-state index contributed by atoms with van der Waals surface area (Å²) in [5.41, 5.74) is 6.91. The van der Waals surface area contributed by atoms with E-state index >= 15 is 0 Å². The number of imidazole rings is 1. The molecule has 3 aromatic rings. The lowest BCUT2D eigenvalue weighted by Crippen LogP contribution is -2.27. The first-order valence-electron chi connectivity index (χ1n) is 9.66. The van der Waals surface area contributed by atoms with Crippen molar-refractivity contribution in [2.24, 2.45) is 5.73 Å². The number of anilines is 1. The summed E-state index contributed by atoms with van der Waals surface area (Å²) in [5.74, 6) is 5.95. The molecule has 10 heteroatoms. The number of hydrogen-bond donors (Lipinski definition) is 3. The Morgan fingerprint density at radius 1 is 1.19 bits per heavy atom. The van der Waals surface area contributed by atoms with Gasteiger partial charge >= 0.3 is 0 Å². The summed E-state index contributed by atoms with van der Waals surface area (Å²) >= 11 is 0. The predicted molar refractivity (Wildman–Crippen MR) is 113 cm³/mol. The van der Waals surface area contributed by atoms with Crippen molar-refractivity contribution in [3.8, 4) is 17.5 Å². The molecule has 5 N–H and O–H groups in total.